The fourth-order valence-corrected chi connectivity index (χ4v) is 1.43. The third-order valence-electron chi connectivity index (χ3n) is 1.76. The number of hydrogen-bond donors (Lipinski definition) is 3. The molecule has 1 rings (SSSR count). The number of halogens is 3. The standard InChI is InChI=1S/C8H6BrF2NO3/c9-2-1-3(10)5(11)4(7(2)13)6(12)8(14)15/h1,6,13H,12H2,(H,14,15). The zero-order chi connectivity index (χ0) is 11.7. The van der Waals surface area contributed by atoms with E-state index in [-0.39, 0.29) is 4.47 Å². The van der Waals surface area contributed by atoms with Gasteiger partial charge in [0.05, 0.1) is 10.0 Å². The average molecular weight is 282 g/mol. The average Bonchev–Trinajstić information content (AvgIpc) is 2.15. The van der Waals surface area contributed by atoms with Gasteiger partial charge in [0.25, 0.3) is 0 Å². The van der Waals surface area contributed by atoms with E-state index >= 15 is 0 Å². The molecule has 1 atom stereocenters. The zero-order valence-electron chi connectivity index (χ0n) is 7.17. The highest BCUT2D eigenvalue weighted by Gasteiger charge is 2.26. The molecular formula is C8H6BrF2NO3. The molecule has 0 aliphatic carbocycles. The Hall–Kier alpha value is -1.21. The lowest BCUT2D eigenvalue weighted by molar-refractivity contribution is -0.138. The highest BCUT2D eigenvalue weighted by atomic mass is 79.9. The first-order valence-corrected chi connectivity index (χ1v) is 4.50. The largest absolute Gasteiger partial charge is 0.506 e. The quantitative estimate of drug-likeness (QED) is 0.718. The molecule has 0 saturated heterocycles. The summed E-state index contributed by atoms with van der Waals surface area (Å²) in [6.45, 7) is 0. The summed E-state index contributed by atoms with van der Waals surface area (Å²) in [4.78, 5) is 10.5. The number of phenols is 1. The summed E-state index contributed by atoms with van der Waals surface area (Å²) in [5, 5.41) is 17.9. The molecule has 0 aliphatic rings. The van der Waals surface area contributed by atoms with Gasteiger partial charge in [0, 0.05) is 0 Å². The lowest BCUT2D eigenvalue weighted by atomic mass is 10.1. The van der Waals surface area contributed by atoms with Crippen LogP contribution in [0.2, 0.25) is 0 Å². The molecule has 1 aromatic carbocycles. The summed E-state index contributed by atoms with van der Waals surface area (Å²) in [5.41, 5.74) is 4.31. The topological polar surface area (TPSA) is 83.6 Å². The van der Waals surface area contributed by atoms with E-state index < -0.39 is 35.0 Å². The van der Waals surface area contributed by atoms with Crippen LogP contribution in [-0.2, 0) is 4.79 Å². The maximum Gasteiger partial charge on any atom is 0.325 e. The monoisotopic (exact) mass is 281 g/mol. The number of aromatic hydroxyl groups is 1. The van der Waals surface area contributed by atoms with Gasteiger partial charge in [-0.25, -0.2) is 8.78 Å². The Morgan fingerprint density at radius 2 is 2.07 bits per heavy atom. The fraction of sp³-hybridized carbons (Fsp3) is 0.125. The van der Waals surface area contributed by atoms with Crippen molar-refractivity contribution in [3.63, 3.8) is 0 Å². The molecule has 4 nitrogen and oxygen atoms in total. The van der Waals surface area contributed by atoms with Gasteiger partial charge in [-0.05, 0) is 22.0 Å². The van der Waals surface area contributed by atoms with Gasteiger partial charge in [-0.3, -0.25) is 4.79 Å². The van der Waals surface area contributed by atoms with Crippen molar-refractivity contribution in [2.24, 2.45) is 5.73 Å². The molecular weight excluding hydrogens is 276 g/mol. The van der Waals surface area contributed by atoms with Gasteiger partial charge in [0.2, 0.25) is 0 Å². The number of carboxylic acids is 1. The Bertz CT molecular complexity index is 399. The van der Waals surface area contributed by atoms with Crippen LogP contribution >= 0.6 is 15.9 Å². The summed E-state index contributed by atoms with van der Waals surface area (Å²) >= 11 is 2.74. The van der Waals surface area contributed by atoms with Crippen molar-refractivity contribution in [1.29, 1.82) is 0 Å². The predicted molar refractivity (Wildman–Crippen MR) is 50.3 cm³/mol. The third kappa shape index (κ3) is 2.07. The van der Waals surface area contributed by atoms with Crippen LogP contribution < -0.4 is 5.73 Å². The van der Waals surface area contributed by atoms with Crippen LogP contribution in [0.5, 0.6) is 5.75 Å². The number of carboxylic acid groups (broad SMARTS) is 1. The molecule has 7 heteroatoms. The highest BCUT2D eigenvalue weighted by Crippen LogP contribution is 2.34. The summed E-state index contributed by atoms with van der Waals surface area (Å²) in [7, 11) is 0. The van der Waals surface area contributed by atoms with Crippen molar-refractivity contribution in [3.8, 4) is 5.75 Å². The second kappa shape index (κ2) is 4.11. The Morgan fingerprint density at radius 1 is 1.53 bits per heavy atom. The van der Waals surface area contributed by atoms with E-state index in [0.29, 0.717) is 6.07 Å². The Morgan fingerprint density at radius 3 is 2.53 bits per heavy atom. The minimum absolute atomic E-state index is 0.159. The first-order valence-electron chi connectivity index (χ1n) is 3.71. The van der Waals surface area contributed by atoms with Crippen LogP contribution in [0, 0.1) is 11.6 Å². The number of hydrogen-bond acceptors (Lipinski definition) is 3. The van der Waals surface area contributed by atoms with Gasteiger partial charge in [-0.1, -0.05) is 0 Å². The molecule has 0 bridgehead atoms. The van der Waals surface area contributed by atoms with E-state index in [0.717, 1.165) is 0 Å². The number of benzene rings is 1. The van der Waals surface area contributed by atoms with Crippen LogP contribution in [0.4, 0.5) is 8.78 Å². The number of nitrogens with two attached hydrogens (primary N) is 1. The predicted octanol–water partition coefficient (Wildman–Crippen LogP) is 1.52. The summed E-state index contributed by atoms with van der Waals surface area (Å²) in [5.74, 6) is -5.04. The molecule has 15 heavy (non-hydrogen) atoms. The van der Waals surface area contributed by atoms with Gasteiger partial charge >= 0.3 is 5.97 Å². The van der Waals surface area contributed by atoms with Crippen LogP contribution in [0.15, 0.2) is 10.5 Å². The van der Waals surface area contributed by atoms with Crippen LogP contribution in [0.3, 0.4) is 0 Å². The lowest BCUT2D eigenvalue weighted by Gasteiger charge is -2.11. The fourth-order valence-electron chi connectivity index (χ4n) is 1.01. The summed E-state index contributed by atoms with van der Waals surface area (Å²) in [6.07, 6.45) is 0. The second-order valence-electron chi connectivity index (χ2n) is 2.73. The molecule has 1 aromatic rings. The molecule has 0 aromatic heterocycles. The van der Waals surface area contributed by atoms with Crippen LogP contribution in [-0.4, -0.2) is 16.2 Å². The number of aliphatic carboxylic acids is 1. The maximum atomic E-state index is 13.2. The minimum Gasteiger partial charge on any atom is -0.506 e. The lowest BCUT2D eigenvalue weighted by Crippen LogP contribution is -2.22. The number of carbonyl (C=O) groups is 1. The zero-order valence-corrected chi connectivity index (χ0v) is 8.75. The molecule has 0 aliphatic heterocycles. The maximum absolute atomic E-state index is 13.2. The van der Waals surface area contributed by atoms with E-state index in [2.05, 4.69) is 15.9 Å². The molecule has 0 fully saturated rings. The van der Waals surface area contributed by atoms with Crippen LogP contribution in [0.25, 0.3) is 0 Å². The minimum atomic E-state index is -1.82. The molecule has 4 N–H and O–H groups in total. The second-order valence-corrected chi connectivity index (χ2v) is 3.59. The Balaban J connectivity index is 3.45. The molecule has 1 unspecified atom stereocenters. The van der Waals surface area contributed by atoms with Gasteiger partial charge in [-0.2, -0.15) is 0 Å². The Labute approximate surface area is 91.4 Å². The van der Waals surface area contributed by atoms with E-state index in [9.17, 15) is 18.7 Å². The molecule has 0 saturated carbocycles. The Kier molecular flexibility index (Phi) is 3.25. The molecule has 82 valence electrons. The van der Waals surface area contributed by atoms with Crippen molar-refractivity contribution in [3.05, 3.63) is 27.7 Å². The van der Waals surface area contributed by atoms with E-state index in [1.54, 1.807) is 0 Å². The summed E-state index contributed by atoms with van der Waals surface area (Å²) < 4.78 is 25.9. The SMILES string of the molecule is NC(C(=O)O)c1c(O)c(Br)cc(F)c1F. The smallest absolute Gasteiger partial charge is 0.325 e. The van der Waals surface area contributed by atoms with Crippen molar-refractivity contribution in [1.82, 2.24) is 0 Å². The third-order valence-corrected chi connectivity index (χ3v) is 2.36. The van der Waals surface area contributed by atoms with Crippen molar-refractivity contribution >= 4 is 21.9 Å². The first-order chi connectivity index (χ1) is 6.86. The summed E-state index contributed by atoms with van der Waals surface area (Å²) in [6, 6.07) is -1.14. The normalized spacial score (nSPS) is 12.5. The van der Waals surface area contributed by atoms with Crippen molar-refractivity contribution in [2.75, 3.05) is 0 Å². The van der Waals surface area contributed by atoms with E-state index in [4.69, 9.17) is 10.8 Å². The van der Waals surface area contributed by atoms with Gasteiger partial charge in [-0.15, -0.1) is 0 Å². The highest BCUT2D eigenvalue weighted by molar-refractivity contribution is 9.10. The molecule has 0 heterocycles. The van der Waals surface area contributed by atoms with Crippen molar-refractivity contribution < 1.29 is 23.8 Å². The van der Waals surface area contributed by atoms with Gasteiger partial charge < -0.3 is 15.9 Å². The van der Waals surface area contributed by atoms with E-state index in [1.807, 2.05) is 0 Å². The molecule has 0 amide bonds. The molecule has 0 radical (unpaired) electrons. The molecule has 0 spiro atoms. The van der Waals surface area contributed by atoms with Crippen LogP contribution in [0.1, 0.15) is 11.6 Å². The van der Waals surface area contributed by atoms with Gasteiger partial charge in [0.1, 0.15) is 11.8 Å². The number of phenolic OH excluding ortho intramolecular Hbond substituents is 1. The number of rotatable bonds is 2. The van der Waals surface area contributed by atoms with E-state index in [1.165, 1.54) is 0 Å². The first kappa shape index (κ1) is 11.9. The van der Waals surface area contributed by atoms with Gasteiger partial charge in [0.15, 0.2) is 11.6 Å². The van der Waals surface area contributed by atoms with Crippen molar-refractivity contribution in [2.45, 2.75) is 6.04 Å².